The van der Waals surface area contributed by atoms with Crippen LogP contribution in [0.5, 0.6) is 0 Å². The fourth-order valence-electron chi connectivity index (χ4n) is 7.19. The Morgan fingerprint density at radius 2 is 1.44 bits per heavy atom. The van der Waals surface area contributed by atoms with E-state index < -0.39 is 5.97 Å². The summed E-state index contributed by atoms with van der Waals surface area (Å²) >= 11 is 1.73. The molecule has 1 saturated carbocycles. The van der Waals surface area contributed by atoms with Crippen molar-refractivity contribution >= 4 is 46.8 Å². The molecule has 2 amide bonds. The summed E-state index contributed by atoms with van der Waals surface area (Å²) in [6.45, 7) is 7.36. The number of carbonyl (C=O) groups excluding carboxylic acids is 2. The van der Waals surface area contributed by atoms with Gasteiger partial charge in [-0.15, -0.1) is 0 Å². The number of carbonyl (C=O) groups is 3. The molecule has 2 aliphatic rings. The fraction of sp³-hybridized carbons (Fsp3) is 0.372. The van der Waals surface area contributed by atoms with Crippen LogP contribution in [0.2, 0.25) is 0 Å². The molecule has 0 unspecified atom stereocenters. The normalized spacial score (nSPS) is 17.5. The third-order valence-electron chi connectivity index (χ3n) is 10.4. The minimum Gasteiger partial charge on any atom is -0.478 e. The van der Waals surface area contributed by atoms with Gasteiger partial charge in [0.2, 0.25) is 0 Å². The molecule has 52 heavy (non-hydrogen) atoms. The van der Waals surface area contributed by atoms with Gasteiger partial charge < -0.3 is 20.6 Å². The van der Waals surface area contributed by atoms with Crippen molar-refractivity contribution in [2.45, 2.75) is 82.6 Å². The van der Waals surface area contributed by atoms with E-state index in [9.17, 15) is 14.4 Å². The second-order valence-corrected chi connectivity index (χ2v) is 15.3. The van der Waals surface area contributed by atoms with Crippen LogP contribution in [-0.4, -0.2) is 52.9 Å². The van der Waals surface area contributed by atoms with Crippen LogP contribution < -0.4 is 15.5 Å². The summed E-state index contributed by atoms with van der Waals surface area (Å²) in [5.74, 6) is -0.674. The van der Waals surface area contributed by atoms with Crippen LogP contribution in [0, 0.1) is 5.92 Å². The summed E-state index contributed by atoms with van der Waals surface area (Å²) in [4.78, 5) is 42.1. The Labute approximate surface area is 312 Å². The third kappa shape index (κ3) is 9.83. The lowest BCUT2D eigenvalue weighted by molar-refractivity contribution is 0.0696. The van der Waals surface area contributed by atoms with Crippen molar-refractivity contribution in [3.63, 3.8) is 0 Å². The molecule has 0 spiro atoms. The van der Waals surface area contributed by atoms with Crippen LogP contribution in [0.3, 0.4) is 0 Å². The summed E-state index contributed by atoms with van der Waals surface area (Å²) in [7, 11) is 0. The van der Waals surface area contributed by atoms with Crippen LogP contribution in [0.4, 0.5) is 17.1 Å². The van der Waals surface area contributed by atoms with E-state index in [0.29, 0.717) is 28.5 Å². The lowest BCUT2D eigenvalue weighted by Gasteiger charge is -2.34. The monoisotopic (exact) mass is 718 g/mol. The Bertz CT molecular complexity index is 1830. The first-order valence-corrected chi connectivity index (χ1v) is 19.5. The van der Waals surface area contributed by atoms with Crippen LogP contribution >= 0.6 is 11.9 Å². The number of nitrogens with zero attached hydrogens (tertiary/aromatic N) is 2. The lowest BCUT2D eigenvalue weighted by Crippen LogP contribution is -2.32. The largest absolute Gasteiger partial charge is 0.478 e. The van der Waals surface area contributed by atoms with Crippen LogP contribution in [0.1, 0.15) is 101 Å². The number of hydrogen-bond acceptors (Lipinski definition) is 6. The van der Waals surface area contributed by atoms with Crippen molar-refractivity contribution in [2.75, 3.05) is 35.2 Å². The van der Waals surface area contributed by atoms with Gasteiger partial charge in [-0.3, -0.25) is 9.59 Å². The molecule has 8 nitrogen and oxygen atoms in total. The zero-order valence-corrected chi connectivity index (χ0v) is 31.1. The molecule has 1 aliphatic carbocycles. The molecule has 0 bridgehead atoms. The van der Waals surface area contributed by atoms with E-state index in [1.54, 1.807) is 24.1 Å². The summed E-state index contributed by atoms with van der Waals surface area (Å²) in [6, 6.07) is 28.8. The standard InChI is InChI=1S/C43H50N4O4S/c1-3-47(36-22-10-30(2)11-23-36)52-38-9-7-8-34(28-38)41(48)45-40-25-24-37(46-26-5-4-6-27-46)29-39(40)42(49)44-35-20-16-32(17-21-35)13-12-31-14-18-33(19-15-31)43(50)51/h7-9,14-21,24-25,28-30,36H,3-6,10-13,22-23,26-27H2,1-2H3,(H,44,49)(H,45,48)(H,50,51). The average molecular weight is 719 g/mol. The van der Waals surface area contributed by atoms with Crippen molar-refractivity contribution in [1.82, 2.24) is 4.31 Å². The topological polar surface area (TPSA) is 102 Å². The maximum Gasteiger partial charge on any atom is 0.335 e. The highest BCUT2D eigenvalue weighted by atomic mass is 32.2. The number of aryl methyl sites for hydroxylation is 2. The molecule has 9 heteroatoms. The number of nitrogens with one attached hydrogen (secondary N) is 2. The van der Waals surface area contributed by atoms with Crippen LogP contribution in [0.15, 0.2) is 95.9 Å². The van der Waals surface area contributed by atoms with Crippen molar-refractivity contribution in [3.8, 4) is 0 Å². The van der Waals surface area contributed by atoms with Gasteiger partial charge in [-0.25, -0.2) is 9.10 Å². The number of piperidine rings is 1. The summed E-state index contributed by atoms with van der Waals surface area (Å²) in [5, 5.41) is 15.3. The SMILES string of the molecule is CCN(Sc1cccc(C(=O)Nc2ccc(N3CCCCC3)cc2C(=O)Nc2ccc(CCc3ccc(C(=O)O)cc3)cc2)c1)C1CCC(C)CC1. The minimum atomic E-state index is -0.931. The second-order valence-electron chi connectivity index (χ2n) is 14.2. The van der Waals surface area contributed by atoms with Crippen molar-refractivity contribution in [1.29, 1.82) is 0 Å². The first-order chi connectivity index (χ1) is 25.2. The number of anilines is 3. The van der Waals surface area contributed by atoms with Gasteiger partial charge in [0.25, 0.3) is 11.8 Å². The minimum absolute atomic E-state index is 0.251. The van der Waals surface area contributed by atoms with Gasteiger partial charge >= 0.3 is 5.97 Å². The van der Waals surface area contributed by atoms with Gasteiger partial charge in [0.1, 0.15) is 0 Å². The van der Waals surface area contributed by atoms with Gasteiger partial charge in [-0.05, 0) is 147 Å². The summed E-state index contributed by atoms with van der Waals surface area (Å²) in [6.07, 6.45) is 9.92. The Kier molecular flexibility index (Phi) is 12.7. The first kappa shape index (κ1) is 37.2. The molecule has 0 radical (unpaired) electrons. The van der Waals surface area contributed by atoms with Gasteiger partial charge in [0.15, 0.2) is 0 Å². The van der Waals surface area contributed by atoms with E-state index in [4.69, 9.17) is 5.11 Å². The Hall–Kier alpha value is -4.60. The molecule has 272 valence electrons. The third-order valence-corrected chi connectivity index (χ3v) is 11.6. The molecule has 4 aromatic rings. The number of rotatable bonds is 13. The second kappa shape index (κ2) is 17.8. The molecule has 0 aromatic heterocycles. The molecular weight excluding hydrogens is 669 g/mol. The van der Waals surface area contributed by atoms with Crippen molar-refractivity contribution in [2.24, 2.45) is 5.92 Å². The smallest absolute Gasteiger partial charge is 0.335 e. The van der Waals surface area contributed by atoms with Gasteiger partial charge in [-0.1, -0.05) is 44.2 Å². The van der Waals surface area contributed by atoms with E-state index in [0.717, 1.165) is 72.9 Å². The molecule has 1 saturated heterocycles. The average Bonchev–Trinajstić information content (AvgIpc) is 3.17. The molecular formula is C43H50N4O4S. The zero-order chi connectivity index (χ0) is 36.5. The number of benzene rings is 4. The Morgan fingerprint density at radius 1 is 0.769 bits per heavy atom. The highest BCUT2D eigenvalue weighted by Gasteiger charge is 2.24. The Balaban J connectivity index is 1.14. The Morgan fingerprint density at radius 3 is 2.10 bits per heavy atom. The van der Waals surface area contributed by atoms with E-state index in [-0.39, 0.29) is 17.4 Å². The van der Waals surface area contributed by atoms with Gasteiger partial charge in [0.05, 0.1) is 16.8 Å². The van der Waals surface area contributed by atoms with Crippen molar-refractivity contribution < 1.29 is 19.5 Å². The molecule has 2 fully saturated rings. The highest BCUT2D eigenvalue weighted by molar-refractivity contribution is 7.97. The molecule has 4 aromatic carbocycles. The van der Waals surface area contributed by atoms with Crippen LogP contribution in [-0.2, 0) is 12.8 Å². The predicted molar refractivity (Wildman–Crippen MR) is 212 cm³/mol. The van der Waals surface area contributed by atoms with Gasteiger partial charge in [0, 0.05) is 47.5 Å². The number of aromatic carboxylic acids is 1. The zero-order valence-electron chi connectivity index (χ0n) is 30.3. The van der Waals surface area contributed by atoms with Gasteiger partial charge in [-0.2, -0.15) is 0 Å². The molecule has 1 heterocycles. The number of hydrogen-bond donors (Lipinski definition) is 3. The number of carboxylic acids is 1. The molecule has 6 rings (SSSR count). The molecule has 1 aliphatic heterocycles. The van der Waals surface area contributed by atoms with E-state index in [1.165, 1.54) is 32.1 Å². The van der Waals surface area contributed by atoms with E-state index in [2.05, 4.69) is 39.8 Å². The predicted octanol–water partition coefficient (Wildman–Crippen LogP) is 9.57. The quantitative estimate of drug-likeness (QED) is 0.118. The van der Waals surface area contributed by atoms with E-state index >= 15 is 0 Å². The lowest BCUT2D eigenvalue weighted by atomic mass is 9.87. The molecule has 0 atom stereocenters. The molecule has 3 N–H and O–H groups in total. The van der Waals surface area contributed by atoms with E-state index in [1.807, 2.05) is 72.8 Å². The number of carboxylic acid groups (broad SMARTS) is 1. The van der Waals surface area contributed by atoms with Crippen LogP contribution in [0.25, 0.3) is 0 Å². The maximum atomic E-state index is 13.9. The number of amides is 2. The summed E-state index contributed by atoms with van der Waals surface area (Å²) < 4.78 is 2.46. The van der Waals surface area contributed by atoms with Crippen molar-refractivity contribution in [3.05, 3.63) is 119 Å². The fourth-order valence-corrected chi connectivity index (χ4v) is 8.26. The highest BCUT2D eigenvalue weighted by Crippen LogP contribution is 2.34. The first-order valence-electron chi connectivity index (χ1n) is 18.7. The summed E-state index contributed by atoms with van der Waals surface area (Å²) in [5.41, 5.74) is 5.53. The maximum absolute atomic E-state index is 13.9.